The lowest BCUT2D eigenvalue weighted by atomic mass is 10.1. The van der Waals surface area contributed by atoms with Crippen molar-refractivity contribution in [2.24, 2.45) is 5.73 Å². The Morgan fingerprint density at radius 2 is 1.76 bits per heavy atom. The van der Waals surface area contributed by atoms with Crippen molar-refractivity contribution >= 4 is 11.8 Å². The Morgan fingerprint density at radius 3 is 2.18 bits per heavy atom. The third kappa shape index (κ3) is 3.82. The second-order valence-corrected chi connectivity index (χ2v) is 4.82. The van der Waals surface area contributed by atoms with Crippen molar-refractivity contribution in [1.29, 1.82) is 0 Å². The summed E-state index contributed by atoms with van der Waals surface area (Å²) < 4.78 is 10.9. The van der Waals surface area contributed by atoms with E-state index in [0.717, 1.165) is 40.6 Å². The second-order valence-electron chi connectivity index (χ2n) is 3.72. The number of ether oxygens (including phenoxy) is 2. The van der Waals surface area contributed by atoms with Crippen LogP contribution in [0.2, 0.25) is 0 Å². The molecule has 0 spiro atoms. The lowest BCUT2D eigenvalue weighted by Crippen LogP contribution is -2.04. The monoisotopic (exact) mass is 255 g/mol. The van der Waals surface area contributed by atoms with Crippen LogP contribution in [0.5, 0.6) is 11.5 Å². The van der Waals surface area contributed by atoms with Gasteiger partial charge in [-0.15, -0.1) is 11.8 Å². The SMILES string of the molecule is CCCSc1c(OC)cc(CCN)cc1OC. The molecule has 1 aromatic carbocycles. The van der Waals surface area contributed by atoms with Gasteiger partial charge in [0.15, 0.2) is 0 Å². The first-order valence-corrected chi connectivity index (χ1v) is 6.83. The van der Waals surface area contributed by atoms with Crippen molar-refractivity contribution in [2.75, 3.05) is 26.5 Å². The van der Waals surface area contributed by atoms with Gasteiger partial charge in [-0.2, -0.15) is 0 Å². The fraction of sp³-hybridized carbons (Fsp3) is 0.538. The van der Waals surface area contributed by atoms with Crippen LogP contribution in [0.15, 0.2) is 17.0 Å². The molecule has 0 aromatic heterocycles. The molecule has 4 heteroatoms. The summed E-state index contributed by atoms with van der Waals surface area (Å²) in [5.41, 5.74) is 6.73. The molecule has 96 valence electrons. The Labute approximate surface area is 108 Å². The summed E-state index contributed by atoms with van der Waals surface area (Å²) in [6, 6.07) is 4.10. The van der Waals surface area contributed by atoms with E-state index in [9.17, 15) is 0 Å². The zero-order valence-electron chi connectivity index (χ0n) is 10.8. The highest BCUT2D eigenvalue weighted by Crippen LogP contribution is 2.39. The molecule has 0 amide bonds. The fourth-order valence-corrected chi connectivity index (χ4v) is 2.57. The maximum atomic E-state index is 5.58. The average molecular weight is 255 g/mol. The highest BCUT2D eigenvalue weighted by atomic mass is 32.2. The van der Waals surface area contributed by atoms with E-state index in [1.165, 1.54) is 0 Å². The molecule has 1 aromatic rings. The van der Waals surface area contributed by atoms with Gasteiger partial charge in [0.1, 0.15) is 11.5 Å². The first-order valence-electron chi connectivity index (χ1n) is 5.84. The molecule has 0 heterocycles. The fourth-order valence-electron chi connectivity index (χ4n) is 1.59. The maximum Gasteiger partial charge on any atom is 0.136 e. The van der Waals surface area contributed by atoms with Gasteiger partial charge >= 0.3 is 0 Å². The molecule has 0 aliphatic rings. The van der Waals surface area contributed by atoms with Gasteiger partial charge in [0.25, 0.3) is 0 Å². The molecule has 1 rings (SSSR count). The van der Waals surface area contributed by atoms with Crippen LogP contribution in [0.3, 0.4) is 0 Å². The van der Waals surface area contributed by atoms with E-state index < -0.39 is 0 Å². The van der Waals surface area contributed by atoms with Crippen LogP contribution in [0.25, 0.3) is 0 Å². The largest absolute Gasteiger partial charge is 0.495 e. The van der Waals surface area contributed by atoms with Gasteiger partial charge in [-0.05, 0) is 42.8 Å². The Kier molecular flexibility index (Phi) is 6.22. The minimum absolute atomic E-state index is 0.633. The summed E-state index contributed by atoms with van der Waals surface area (Å²) >= 11 is 1.77. The van der Waals surface area contributed by atoms with E-state index in [1.54, 1.807) is 26.0 Å². The van der Waals surface area contributed by atoms with Crippen LogP contribution in [-0.2, 0) is 6.42 Å². The third-order valence-corrected chi connectivity index (χ3v) is 3.71. The molecule has 0 atom stereocenters. The molecule has 0 aliphatic heterocycles. The van der Waals surface area contributed by atoms with E-state index in [4.69, 9.17) is 15.2 Å². The van der Waals surface area contributed by atoms with Gasteiger partial charge in [-0.3, -0.25) is 0 Å². The predicted octanol–water partition coefficient (Wildman–Crippen LogP) is 2.71. The first-order chi connectivity index (χ1) is 8.26. The van der Waals surface area contributed by atoms with Gasteiger partial charge < -0.3 is 15.2 Å². The summed E-state index contributed by atoms with van der Waals surface area (Å²) in [4.78, 5) is 1.08. The summed E-state index contributed by atoms with van der Waals surface area (Å²) in [6.07, 6.45) is 1.97. The second kappa shape index (κ2) is 7.45. The minimum atomic E-state index is 0.633. The molecule has 0 radical (unpaired) electrons. The lowest BCUT2D eigenvalue weighted by molar-refractivity contribution is 0.375. The van der Waals surface area contributed by atoms with Gasteiger partial charge in [0, 0.05) is 0 Å². The first kappa shape index (κ1) is 14.2. The number of nitrogens with two attached hydrogens (primary N) is 1. The smallest absolute Gasteiger partial charge is 0.136 e. The molecule has 0 saturated carbocycles. The van der Waals surface area contributed by atoms with Crippen molar-refractivity contribution < 1.29 is 9.47 Å². The summed E-state index contributed by atoms with van der Waals surface area (Å²) in [5, 5.41) is 0. The topological polar surface area (TPSA) is 44.5 Å². The normalized spacial score (nSPS) is 10.4. The molecular formula is C13H21NO2S. The maximum absolute atomic E-state index is 5.58. The van der Waals surface area contributed by atoms with Crippen LogP contribution >= 0.6 is 11.8 Å². The van der Waals surface area contributed by atoms with Gasteiger partial charge in [0.2, 0.25) is 0 Å². The number of hydrogen-bond acceptors (Lipinski definition) is 4. The molecule has 0 unspecified atom stereocenters. The quantitative estimate of drug-likeness (QED) is 0.761. The third-order valence-electron chi connectivity index (χ3n) is 2.40. The van der Waals surface area contributed by atoms with E-state index in [-0.39, 0.29) is 0 Å². The summed E-state index contributed by atoms with van der Waals surface area (Å²) in [6.45, 7) is 2.79. The molecule has 2 N–H and O–H groups in total. The van der Waals surface area contributed by atoms with Gasteiger partial charge in [0.05, 0.1) is 19.1 Å². The van der Waals surface area contributed by atoms with Crippen LogP contribution < -0.4 is 15.2 Å². The molecule has 0 bridgehead atoms. The van der Waals surface area contributed by atoms with E-state index in [1.807, 2.05) is 12.1 Å². The zero-order chi connectivity index (χ0) is 12.7. The zero-order valence-corrected chi connectivity index (χ0v) is 11.6. The number of rotatable bonds is 7. The number of hydrogen-bond donors (Lipinski definition) is 1. The van der Waals surface area contributed by atoms with Crippen molar-refractivity contribution in [3.8, 4) is 11.5 Å². The van der Waals surface area contributed by atoms with Crippen LogP contribution in [0.4, 0.5) is 0 Å². The molecule has 0 fully saturated rings. The molecule has 17 heavy (non-hydrogen) atoms. The Morgan fingerprint density at radius 1 is 1.18 bits per heavy atom. The van der Waals surface area contributed by atoms with Crippen molar-refractivity contribution in [3.05, 3.63) is 17.7 Å². The number of methoxy groups -OCH3 is 2. The predicted molar refractivity (Wildman–Crippen MR) is 73.3 cm³/mol. The van der Waals surface area contributed by atoms with Crippen LogP contribution in [0.1, 0.15) is 18.9 Å². The van der Waals surface area contributed by atoms with E-state index in [2.05, 4.69) is 6.92 Å². The number of thioether (sulfide) groups is 1. The van der Waals surface area contributed by atoms with Crippen molar-refractivity contribution in [3.63, 3.8) is 0 Å². The van der Waals surface area contributed by atoms with Gasteiger partial charge in [-0.25, -0.2) is 0 Å². The Bertz CT molecular complexity index is 330. The standard InChI is InChI=1S/C13H21NO2S/c1-4-7-17-13-11(15-2)8-10(5-6-14)9-12(13)16-3/h8-9H,4-7,14H2,1-3H3. The van der Waals surface area contributed by atoms with Crippen molar-refractivity contribution in [2.45, 2.75) is 24.7 Å². The average Bonchev–Trinajstić information content (AvgIpc) is 2.36. The summed E-state index contributed by atoms with van der Waals surface area (Å²) in [5.74, 6) is 2.82. The Hall–Kier alpha value is -0.870. The Balaban J connectivity index is 3.07. The van der Waals surface area contributed by atoms with Crippen molar-refractivity contribution in [1.82, 2.24) is 0 Å². The molecule has 3 nitrogen and oxygen atoms in total. The highest BCUT2D eigenvalue weighted by Gasteiger charge is 2.12. The van der Waals surface area contributed by atoms with Crippen LogP contribution in [-0.4, -0.2) is 26.5 Å². The molecule has 0 saturated heterocycles. The molecule has 0 aliphatic carbocycles. The van der Waals surface area contributed by atoms with Crippen LogP contribution in [0, 0.1) is 0 Å². The summed E-state index contributed by atoms with van der Waals surface area (Å²) in [7, 11) is 3.38. The minimum Gasteiger partial charge on any atom is -0.495 e. The number of benzene rings is 1. The van der Waals surface area contributed by atoms with E-state index in [0.29, 0.717) is 6.54 Å². The van der Waals surface area contributed by atoms with Gasteiger partial charge in [-0.1, -0.05) is 6.92 Å². The highest BCUT2D eigenvalue weighted by molar-refractivity contribution is 7.99. The molecular weight excluding hydrogens is 234 g/mol. The van der Waals surface area contributed by atoms with E-state index >= 15 is 0 Å². The lowest BCUT2D eigenvalue weighted by Gasteiger charge is -2.14.